The molecule has 1 heterocycles. The summed E-state index contributed by atoms with van der Waals surface area (Å²) in [5.41, 5.74) is 0.248. The number of carbonyl (C=O) groups is 1. The van der Waals surface area contributed by atoms with E-state index in [1.807, 2.05) is 5.92 Å². The highest BCUT2D eigenvalue weighted by atomic mass is 19.1. The number of rotatable bonds is 0. The van der Waals surface area contributed by atoms with E-state index in [0.717, 1.165) is 12.3 Å². The molecular weight excluding hydrogens is 161 g/mol. The standard InChI is InChI=1S/C8H4FNO2/c9-7-3-6(4-10-5-7)1-2-8(11)12/h3-5H,(H,11,12). The van der Waals surface area contributed by atoms with Gasteiger partial charge < -0.3 is 5.11 Å². The molecule has 60 valence electrons. The normalized spacial score (nSPS) is 8.42. The third-order valence-electron chi connectivity index (χ3n) is 1.02. The summed E-state index contributed by atoms with van der Waals surface area (Å²) in [5.74, 6) is 2.30. The number of hydrogen-bond acceptors (Lipinski definition) is 2. The number of carboxylic acid groups (broad SMARTS) is 1. The molecule has 0 aliphatic rings. The molecule has 3 nitrogen and oxygen atoms in total. The van der Waals surface area contributed by atoms with Crippen LogP contribution >= 0.6 is 0 Å². The molecule has 1 rings (SSSR count). The second-order valence-electron chi connectivity index (χ2n) is 1.95. The number of aliphatic carboxylic acids is 1. The average Bonchev–Trinajstić information content (AvgIpc) is 2.01. The lowest BCUT2D eigenvalue weighted by atomic mass is 10.3. The van der Waals surface area contributed by atoms with Crippen LogP contribution in [0, 0.1) is 17.7 Å². The molecule has 0 saturated heterocycles. The molecule has 0 bridgehead atoms. The molecule has 0 aliphatic heterocycles. The van der Waals surface area contributed by atoms with Crippen LogP contribution in [-0.2, 0) is 4.79 Å². The summed E-state index contributed by atoms with van der Waals surface area (Å²) in [7, 11) is 0. The van der Waals surface area contributed by atoms with E-state index >= 15 is 0 Å². The Balaban J connectivity index is 2.92. The van der Waals surface area contributed by atoms with Crippen molar-refractivity contribution in [2.45, 2.75) is 0 Å². The van der Waals surface area contributed by atoms with Crippen molar-refractivity contribution in [2.24, 2.45) is 0 Å². The number of aromatic nitrogens is 1. The number of hydrogen-bond donors (Lipinski definition) is 1. The number of carboxylic acids is 1. The molecule has 1 aromatic rings. The first-order valence-electron chi connectivity index (χ1n) is 3.04. The van der Waals surface area contributed by atoms with Crippen molar-refractivity contribution in [1.29, 1.82) is 0 Å². The van der Waals surface area contributed by atoms with E-state index in [1.54, 1.807) is 0 Å². The Bertz CT molecular complexity index is 365. The second-order valence-corrected chi connectivity index (χ2v) is 1.95. The van der Waals surface area contributed by atoms with Gasteiger partial charge in [-0.15, -0.1) is 0 Å². The summed E-state index contributed by atoms with van der Waals surface area (Å²) in [6.07, 6.45) is 2.31. The van der Waals surface area contributed by atoms with Crippen molar-refractivity contribution in [3.8, 4) is 11.8 Å². The van der Waals surface area contributed by atoms with Gasteiger partial charge in [-0.05, 0) is 6.07 Å². The number of pyridine rings is 1. The molecule has 0 amide bonds. The molecule has 0 radical (unpaired) electrons. The van der Waals surface area contributed by atoms with Crippen LogP contribution < -0.4 is 0 Å². The summed E-state index contributed by atoms with van der Waals surface area (Å²) >= 11 is 0. The van der Waals surface area contributed by atoms with E-state index in [1.165, 1.54) is 6.20 Å². The van der Waals surface area contributed by atoms with Crippen molar-refractivity contribution < 1.29 is 14.3 Å². The highest BCUT2D eigenvalue weighted by molar-refractivity contribution is 5.87. The Morgan fingerprint density at radius 2 is 2.33 bits per heavy atom. The quantitative estimate of drug-likeness (QED) is 0.574. The lowest BCUT2D eigenvalue weighted by Crippen LogP contribution is -1.88. The molecule has 4 heteroatoms. The summed E-state index contributed by atoms with van der Waals surface area (Å²) in [4.78, 5) is 13.5. The Hall–Kier alpha value is -1.89. The van der Waals surface area contributed by atoms with Gasteiger partial charge in [-0.3, -0.25) is 4.98 Å². The Kier molecular flexibility index (Phi) is 2.38. The van der Waals surface area contributed by atoms with Gasteiger partial charge in [0.15, 0.2) is 0 Å². The van der Waals surface area contributed by atoms with Crippen molar-refractivity contribution in [1.82, 2.24) is 4.98 Å². The van der Waals surface area contributed by atoms with E-state index in [4.69, 9.17) is 5.11 Å². The van der Waals surface area contributed by atoms with Crippen molar-refractivity contribution in [3.63, 3.8) is 0 Å². The van der Waals surface area contributed by atoms with Crippen LogP contribution in [-0.4, -0.2) is 16.1 Å². The van der Waals surface area contributed by atoms with E-state index in [9.17, 15) is 9.18 Å². The predicted molar refractivity (Wildman–Crippen MR) is 38.7 cm³/mol. The third kappa shape index (κ3) is 2.39. The van der Waals surface area contributed by atoms with Gasteiger partial charge in [-0.2, -0.15) is 0 Å². The van der Waals surface area contributed by atoms with Gasteiger partial charge >= 0.3 is 5.97 Å². The Labute approximate surface area is 67.9 Å². The first-order valence-corrected chi connectivity index (χ1v) is 3.04. The summed E-state index contributed by atoms with van der Waals surface area (Å²) < 4.78 is 12.4. The van der Waals surface area contributed by atoms with Gasteiger partial charge in [0.1, 0.15) is 5.82 Å². The molecule has 0 aromatic carbocycles. The maximum atomic E-state index is 12.4. The van der Waals surface area contributed by atoms with Gasteiger partial charge in [-0.1, -0.05) is 5.92 Å². The number of nitrogens with zero attached hydrogens (tertiary/aromatic N) is 1. The minimum atomic E-state index is -1.25. The van der Waals surface area contributed by atoms with Crippen LogP contribution in [0.4, 0.5) is 4.39 Å². The molecule has 0 atom stereocenters. The fraction of sp³-hybridized carbons (Fsp3) is 0. The zero-order chi connectivity index (χ0) is 8.97. The van der Waals surface area contributed by atoms with Crippen LogP contribution in [0.1, 0.15) is 5.56 Å². The van der Waals surface area contributed by atoms with Crippen molar-refractivity contribution in [3.05, 3.63) is 29.8 Å². The lowest BCUT2D eigenvalue weighted by molar-refractivity contribution is -0.130. The Morgan fingerprint density at radius 3 is 2.92 bits per heavy atom. The SMILES string of the molecule is O=C(O)C#Cc1cncc(F)c1. The first kappa shape index (κ1) is 8.21. The second kappa shape index (κ2) is 3.49. The van der Waals surface area contributed by atoms with E-state index in [2.05, 4.69) is 10.9 Å². The third-order valence-corrected chi connectivity index (χ3v) is 1.02. The molecule has 0 unspecified atom stereocenters. The smallest absolute Gasteiger partial charge is 0.382 e. The Morgan fingerprint density at radius 1 is 1.58 bits per heavy atom. The maximum Gasteiger partial charge on any atom is 0.382 e. The van der Waals surface area contributed by atoms with Crippen LogP contribution in [0.25, 0.3) is 0 Å². The van der Waals surface area contributed by atoms with Crippen LogP contribution in [0.3, 0.4) is 0 Å². The van der Waals surface area contributed by atoms with Crippen molar-refractivity contribution >= 4 is 5.97 Å². The van der Waals surface area contributed by atoms with Gasteiger partial charge in [0.2, 0.25) is 0 Å². The van der Waals surface area contributed by atoms with Gasteiger partial charge in [0.05, 0.1) is 6.20 Å². The lowest BCUT2D eigenvalue weighted by Gasteiger charge is -1.87. The average molecular weight is 165 g/mol. The molecule has 1 aromatic heterocycles. The minimum absolute atomic E-state index is 0.248. The zero-order valence-electron chi connectivity index (χ0n) is 5.91. The topological polar surface area (TPSA) is 50.2 Å². The maximum absolute atomic E-state index is 12.4. The molecule has 1 N–H and O–H groups in total. The van der Waals surface area contributed by atoms with Crippen LogP contribution in [0.2, 0.25) is 0 Å². The number of halogens is 1. The monoisotopic (exact) mass is 165 g/mol. The van der Waals surface area contributed by atoms with E-state index < -0.39 is 11.8 Å². The van der Waals surface area contributed by atoms with Gasteiger partial charge in [-0.25, -0.2) is 9.18 Å². The first-order chi connectivity index (χ1) is 5.68. The molecule has 12 heavy (non-hydrogen) atoms. The highest BCUT2D eigenvalue weighted by Gasteiger charge is 1.91. The zero-order valence-corrected chi connectivity index (χ0v) is 5.91. The highest BCUT2D eigenvalue weighted by Crippen LogP contribution is 1.97. The summed E-state index contributed by atoms with van der Waals surface area (Å²) in [6, 6.07) is 1.11. The molecular formula is C8H4FNO2. The predicted octanol–water partition coefficient (Wildman–Crippen LogP) is 0.657. The molecule has 0 aliphatic carbocycles. The largest absolute Gasteiger partial charge is 0.472 e. The minimum Gasteiger partial charge on any atom is -0.472 e. The molecule has 0 saturated carbocycles. The molecule has 0 fully saturated rings. The summed E-state index contributed by atoms with van der Waals surface area (Å²) in [6.45, 7) is 0. The fourth-order valence-corrected chi connectivity index (χ4v) is 0.606. The van der Waals surface area contributed by atoms with E-state index in [-0.39, 0.29) is 5.56 Å². The van der Waals surface area contributed by atoms with E-state index in [0.29, 0.717) is 0 Å². The van der Waals surface area contributed by atoms with Gasteiger partial charge in [0, 0.05) is 17.7 Å². The summed E-state index contributed by atoms with van der Waals surface area (Å²) in [5, 5.41) is 8.16. The molecule has 0 spiro atoms. The van der Waals surface area contributed by atoms with Crippen LogP contribution in [0.5, 0.6) is 0 Å². The van der Waals surface area contributed by atoms with Crippen molar-refractivity contribution in [2.75, 3.05) is 0 Å². The van der Waals surface area contributed by atoms with Crippen LogP contribution in [0.15, 0.2) is 18.5 Å². The fourth-order valence-electron chi connectivity index (χ4n) is 0.606. The van der Waals surface area contributed by atoms with Gasteiger partial charge in [0.25, 0.3) is 0 Å².